The first kappa shape index (κ1) is 17.8. The highest BCUT2D eigenvalue weighted by Crippen LogP contribution is 2.40. The Morgan fingerprint density at radius 2 is 1.42 bits per heavy atom. The first-order chi connectivity index (χ1) is 8.30. The first-order valence-electron chi connectivity index (χ1n) is 4.97. The van der Waals surface area contributed by atoms with Crippen LogP contribution in [0.2, 0.25) is 0 Å². The molecule has 0 aromatic heterocycles. The van der Waals surface area contributed by atoms with Crippen molar-refractivity contribution in [3.8, 4) is 0 Å². The lowest BCUT2D eigenvalue weighted by Gasteiger charge is -2.25. The van der Waals surface area contributed by atoms with Gasteiger partial charge in [-0.2, -0.15) is 17.6 Å². The lowest BCUT2D eigenvalue weighted by atomic mass is 9.85. The van der Waals surface area contributed by atoms with Gasteiger partial charge in [-0.15, -0.1) is 0 Å². The molecule has 0 aliphatic rings. The van der Waals surface area contributed by atoms with Crippen LogP contribution in [0.3, 0.4) is 0 Å². The summed E-state index contributed by atoms with van der Waals surface area (Å²) in [4.78, 5) is 22.1. The Hall–Kier alpha value is -1.15. The highest BCUT2D eigenvalue weighted by Gasteiger charge is 2.67. The summed E-state index contributed by atoms with van der Waals surface area (Å²) in [5.74, 6) is -15.6. The van der Waals surface area contributed by atoms with Gasteiger partial charge in [-0.05, 0) is 0 Å². The van der Waals surface area contributed by atoms with Crippen molar-refractivity contribution in [2.45, 2.75) is 38.5 Å². The summed E-state index contributed by atoms with van der Waals surface area (Å²) in [6.45, 7) is 0.619. The molecule has 0 atom stereocenters. The predicted molar refractivity (Wildman–Crippen MR) is 50.3 cm³/mol. The molecule has 112 valence electrons. The Labute approximate surface area is 104 Å². The lowest BCUT2D eigenvalue weighted by Crippen LogP contribution is -2.52. The van der Waals surface area contributed by atoms with Crippen molar-refractivity contribution in [2.24, 2.45) is 5.41 Å². The molecule has 0 aromatic carbocycles. The van der Waals surface area contributed by atoms with Gasteiger partial charge >= 0.3 is 18.3 Å². The highest BCUT2D eigenvalue weighted by atomic mass is 19.3. The Morgan fingerprint density at radius 1 is 1.00 bits per heavy atom. The van der Waals surface area contributed by atoms with E-state index in [0.29, 0.717) is 0 Å². The Balaban J connectivity index is 5.09. The van der Waals surface area contributed by atoms with Crippen LogP contribution in [0.4, 0.5) is 30.7 Å². The number of rotatable bonds is 7. The number of halogens is 7. The van der Waals surface area contributed by atoms with E-state index in [4.69, 9.17) is 0 Å². The van der Waals surface area contributed by atoms with Crippen LogP contribution in [0, 0.1) is 5.41 Å². The molecule has 9 heteroatoms. The minimum absolute atomic E-state index is 0.964. The Morgan fingerprint density at radius 3 is 1.74 bits per heavy atom. The number of alkyl halides is 7. The van der Waals surface area contributed by atoms with Gasteiger partial charge in [0.2, 0.25) is 5.78 Å². The predicted octanol–water partition coefficient (Wildman–Crippen LogP) is 3.05. The largest absolute Gasteiger partial charge is 0.376 e. The number of Topliss-reactive ketones (excluding diaryl/α,β-unsaturated/α-hetero) is 2. The number of carbonyl (C=O) groups is 2. The quantitative estimate of drug-likeness (QED) is 0.534. The number of ketones is 2. The van der Waals surface area contributed by atoms with Gasteiger partial charge in [0, 0.05) is 0 Å². The molecule has 0 saturated heterocycles. The summed E-state index contributed by atoms with van der Waals surface area (Å²) in [5.41, 5.74) is -1.83. The van der Waals surface area contributed by atoms with Crippen molar-refractivity contribution in [3.05, 3.63) is 0 Å². The van der Waals surface area contributed by atoms with Gasteiger partial charge in [-0.25, -0.2) is 8.78 Å². The van der Waals surface area contributed by atoms with E-state index in [-0.39, 0.29) is 0 Å². The van der Waals surface area contributed by atoms with Crippen LogP contribution >= 0.6 is 0 Å². The van der Waals surface area contributed by atoms with Crippen LogP contribution in [0.25, 0.3) is 0 Å². The third-order valence-electron chi connectivity index (χ3n) is 2.45. The van der Waals surface area contributed by atoms with Crippen LogP contribution in [-0.4, -0.2) is 36.5 Å². The molecule has 0 aliphatic carbocycles. The molecule has 2 nitrogen and oxygen atoms in total. The molecule has 0 N–H and O–H groups in total. The van der Waals surface area contributed by atoms with E-state index in [1.165, 1.54) is 0 Å². The number of hydrogen-bond donors (Lipinski definition) is 0. The minimum atomic E-state index is -5.88. The molecule has 0 unspecified atom stereocenters. The molecular formula is C10H11F7O2. The first-order valence-corrected chi connectivity index (χ1v) is 4.97. The maximum atomic E-state index is 12.9. The standard InChI is InChI=1S/C10H11F7O2/c1-8(2,4-11)5(18)3-6(19)9(14,15)10(16,17)7(12)13/h7H,3-4H2,1-2H3. The Bertz CT molecular complexity index is 363. The minimum Gasteiger partial charge on any atom is -0.299 e. The van der Waals surface area contributed by atoms with Gasteiger partial charge in [0.1, 0.15) is 12.5 Å². The molecule has 0 spiro atoms. The van der Waals surface area contributed by atoms with Crippen LogP contribution < -0.4 is 0 Å². The average molecular weight is 296 g/mol. The van der Waals surface area contributed by atoms with Crippen molar-refractivity contribution in [3.63, 3.8) is 0 Å². The molecule has 0 radical (unpaired) electrons. The summed E-state index contributed by atoms with van der Waals surface area (Å²) >= 11 is 0. The zero-order valence-corrected chi connectivity index (χ0v) is 9.95. The van der Waals surface area contributed by atoms with E-state index in [9.17, 15) is 40.3 Å². The topological polar surface area (TPSA) is 34.1 Å². The fraction of sp³-hybridized carbons (Fsp3) is 0.800. The number of carbonyl (C=O) groups excluding carboxylic acids is 2. The molecule has 0 saturated carbocycles. The molecule has 0 aliphatic heterocycles. The van der Waals surface area contributed by atoms with Gasteiger partial charge in [-0.3, -0.25) is 14.0 Å². The molecule has 0 heterocycles. The van der Waals surface area contributed by atoms with E-state index in [1.54, 1.807) is 0 Å². The molecule has 0 aromatic rings. The summed E-state index contributed by atoms with van der Waals surface area (Å²) in [6.07, 6.45) is -6.51. The van der Waals surface area contributed by atoms with Crippen molar-refractivity contribution in [2.75, 3.05) is 6.67 Å². The zero-order valence-electron chi connectivity index (χ0n) is 9.95. The monoisotopic (exact) mass is 296 g/mol. The average Bonchev–Trinajstić information content (AvgIpc) is 2.27. The fourth-order valence-electron chi connectivity index (χ4n) is 0.894. The summed E-state index contributed by atoms with van der Waals surface area (Å²) in [5, 5.41) is 0. The number of hydrogen-bond acceptors (Lipinski definition) is 2. The molecular weight excluding hydrogens is 285 g/mol. The van der Waals surface area contributed by atoms with Crippen molar-refractivity contribution >= 4 is 11.6 Å². The second-order valence-corrected chi connectivity index (χ2v) is 4.54. The van der Waals surface area contributed by atoms with Crippen LogP contribution in [-0.2, 0) is 9.59 Å². The van der Waals surface area contributed by atoms with Crippen LogP contribution in [0.5, 0.6) is 0 Å². The third-order valence-corrected chi connectivity index (χ3v) is 2.45. The van der Waals surface area contributed by atoms with Gasteiger partial charge in [0.15, 0.2) is 0 Å². The van der Waals surface area contributed by atoms with Gasteiger partial charge < -0.3 is 0 Å². The van der Waals surface area contributed by atoms with Crippen molar-refractivity contribution < 1.29 is 40.3 Å². The van der Waals surface area contributed by atoms with E-state index < -0.39 is 48.3 Å². The summed E-state index contributed by atoms with van der Waals surface area (Å²) in [7, 11) is 0. The van der Waals surface area contributed by atoms with E-state index in [0.717, 1.165) is 13.8 Å². The summed E-state index contributed by atoms with van der Waals surface area (Å²) in [6, 6.07) is 0. The smallest absolute Gasteiger partial charge is 0.299 e. The molecule has 19 heavy (non-hydrogen) atoms. The third kappa shape index (κ3) is 3.44. The van der Waals surface area contributed by atoms with Crippen molar-refractivity contribution in [1.82, 2.24) is 0 Å². The SMILES string of the molecule is CC(C)(CF)C(=O)CC(=O)C(F)(F)C(F)(F)C(F)F. The lowest BCUT2D eigenvalue weighted by molar-refractivity contribution is -0.253. The molecule has 0 fully saturated rings. The van der Waals surface area contributed by atoms with Crippen molar-refractivity contribution in [1.29, 1.82) is 0 Å². The normalized spacial score (nSPS) is 13.8. The van der Waals surface area contributed by atoms with Crippen LogP contribution in [0.1, 0.15) is 20.3 Å². The van der Waals surface area contributed by atoms with E-state index in [1.807, 2.05) is 0 Å². The van der Waals surface area contributed by atoms with Gasteiger partial charge in [0.05, 0.1) is 11.8 Å². The summed E-state index contributed by atoms with van der Waals surface area (Å²) < 4.78 is 86.6. The maximum Gasteiger partial charge on any atom is 0.376 e. The molecule has 0 amide bonds. The second-order valence-electron chi connectivity index (χ2n) is 4.54. The zero-order chi connectivity index (χ0) is 15.6. The van der Waals surface area contributed by atoms with Gasteiger partial charge in [0.25, 0.3) is 0 Å². The Kier molecular flexibility index (Phi) is 5.13. The van der Waals surface area contributed by atoms with E-state index >= 15 is 0 Å². The highest BCUT2D eigenvalue weighted by molar-refractivity contribution is 6.04. The molecule has 0 bridgehead atoms. The van der Waals surface area contributed by atoms with Crippen LogP contribution in [0.15, 0.2) is 0 Å². The second kappa shape index (κ2) is 5.46. The fourth-order valence-corrected chi connectivity index (χ4v) is 0.894. The molecule has 0 rings (SSSR count). The van der Waals surface area contributed by atoms with E-state index in [2.05, 4.69) is 0 Å². The van der Waals surface area contributed by atoms with Gasteiger partial charge in [-0.1, -0.05) is 13.8 Å². The maximum absolute atomic E-state index is 12.9.